The maximum Gasteiger partial charge on any atom is 0.251 e. The van der Waals surface area contributed by atoms with E-state index in [4.69, 9.17) is 9.72 Å². The van der Waals surface area contributed by atoms with Gasteiger partial charge in [0.1, 0.15) is 6.29 Å². The van der Waals surface area contributed by atoms with Crippen molar-refractivity contribution in [2.45, 2.75) is 52.2 Å². The predicted molar refractivity (Wildman–Crippen MR) is 123 cm³/mol. The van der Waals surface area contributed by atoms with Crippen LogP contribution < -0.4 is 10.6 Å². The van der Waals surface area contributed by atoms with Gasteiger partial charge in [0.15, 0.2) is 5.65 Å². The smallest absolute Gasteiger partial charge is 0.251 e. The molecule has 1 saturated heterocycles. The molecule has 0 bridgehead atoms. The molecule has 3 aromatic rings. The molecule has 32 heavy (non-hydrogen) atoms. The number of hydrogen-bond acceptors (Lipinski definition) is 6. The molecule has 0 unspecified atom stereocenters. The number of amides is 1. The Labute approximate surface area is 187 Å². The molecule has 4 rings (SSSR count). The summed E-state index contributed by atoms with van der Waals surface area (Å²) in [6.07, 6.45) is 5.23. The lowest BCUT2D eigenvalue weighted by atomic mass is 10.0. The molecule has 3 heterocycles. The van der Waals surface area contributed by atoms with Gasteiger partial charge >= 0.3 is 0 Å². The number of ether oxygens (including phenoxy) is 1. The highest BCUT2D eigenvalue weighted by atomic mass is 16.5. The predicted octanol–water partition coefficient (Wildman–Crippen LogP) is 3.35. The van der Waals surface area contributed by atoms with E-state index in [0.717, 1.165) is 73.3 Å². The number of nitrogens with zero attached hydrogens (tertiary/aromatic N) is 3. The van der Waals surface area contributed by atoms with Crippen LogP contribution in [0.4, 0.5) is 5.69 Å². The molecule has 1 fully saturated rings. The number of carbonyl (C=O) groups excluding carboxylic acids is 2. The minimum Gasteiger partial charge on any atom is -0.381 e. The van der Waals surface area contributed by atoms with E-state index in [1.807, 2.05) is 10.9 Å². The first-order chi connectivity index (χ1) is 15.6. The number of pyridine rings is 1. The number of aryl methyl sites for hydroxylation is 2. The first kappa shape index (κ1) is 22.0. The molecule has 1 aliphatic heterocycles. The summed E-state index contributed by atoms with van der Waals surface area (Å²) in [5.41, 5.74) is 4.84. The lowest BCUT2D eigenvalue weighted by Crippen LogP contribution is -2.30. The van der Waals surface area contributed by atoms with Crippen molar-refractivity contribution in [3.63, 3.8) is 0 Å². The third-order valence-electron chi connectivity index (χ3n) is 5.91. The summed E-state index contributed by atoms with van der Waals surface area (Å²) < 4.78 is 7.42. The van der Waals surface area contributed by atoms with Gasteiger partial charge in [0, 0.05) is 54.7 Å². The molecule has 0 aliphatic carbocycles. The lowest BCUT2D eigenvalue weighted by Gasteiger charge is -2.26. The summed E-state index contributed by atoms with van der Waals surface area (Å²) in [6.45, 7) is 6.69. The zero-order valence-electron chi connectivity index (χ0n) is 18.6. The molecule has 0 spiro atoms. The van der Waals surface area contributed by atoms with Crippen LogP contribution in [-0.4, -0.2) is 46.2 Å². The summed E-state index contributed by atoms with van der Waals surface area (Å²) in [6, 6.07) is 6.91. The average molecular weight is 436 g/mol. The number of aromatic nitrogens is 3. The minimum atomic E-state index is -0.189. The molecular weight excluding hydrogens is 406 g/mol. The standard InChI is InChI=1S/C24H29N5O3/c1-3-21-19(13-25-24(31)17-7-5-16(15-30)6-8-17)22(27-18-9-11-32-12-10-18)20-14-26-29(4-2)23(20)28-21/h5-8,14-15,18H,3-4,9-13H2,1-2H3,(H,25,31)(H,27,28). The van der Waals surface area contributed by atoms with Crippen molar-refractivity contribution in [2.24, 2.45) is 0 Å². The van der Waals surface area contributed by atoms with Gasteiger partial charge in [-0.2, -0.15) is 5.10 Å². The van der Waals surface area contributed by atoms with E-state index in [2.05, 4.69) is 29.6 Å². The minimum absolute atomic E-state index is 0.189. The highest BCUT2D eigenvalue weighted by molar-refractivity contribution is 5.95. The molecule has 1 amide bonds. The van der Waals surface area contributed by atoms with Crippen molar-refractivity contribution in [3.05, 3.63) is 52.8 Å². The van der Waals surface area contributed by atoms with Crippen LogP contribution in [0.2, 0.25) is 0 Å². The van der Waals surface area contributed by atoms with Gasteiger partial charge in [0.05, 0.1) is 17.3 Å². The zero-order chi connectivity index (χ0) is 22.5. The maximum absolute atomic E-state index is 12.8. The Morgan fingerprint density at radius 1 is 1.22 bits per heavy atom. The number of nitrogens with one attached hydrogen (secondary N) is 2. The Bertz CT molecular complexity index is 1100. The Hall–Kier alpha value is -3.26. The summed E-state index contributed by atoms with van der Waals surface area (Å²) in [7, 11) is 0. The first-order valence-electron chi connectivity index (χ1n) is 11.2. The fourth-order valence-corrected chi connectivity index (χ4v) is 4.08. The molecule has 0 atom stereocenters. The molecule has 168 valence electrons. The fourth-order valence-electron chi connectivity index (χ4n) is 4.08. The summed E-state index contributed by atoms with van der Waals surface area (Å²) in [5.74, 6) is -0.189. The molecule has 0 saturated carbocycles. The van der Waals surface area contributed by atoms with Crippen LogP contribution in [0, 0.1) is 0 Å². The van der Waals surface area contributed by atoms with Crippen molar-refractivity contribution >= 4 is 28.9 Å². The van der Waals surface area contributed by atoms with E-state index in [1.54, 1.807) is 24.3 Å². The third-order valence-corrected chi connectivity index (χ3v) is 5.91. The monoisotopic (exact) mass is 435 g/mol. The number of benzene rings is 1. The quantitative estimate of drug-likeness (QED) is 0.527. The van der Waals surface area contributed by atoms with Gasteiger partial charge < -0.3 is 15.4 Å². The second kappa shape index (κ2) is 9.91. The topological polar surface area (TPSA) is 98.1 Å². The molecule has 2 aromatic heterocycles. The van der Waals surface area contributed by atoms with Crippen LogP contribution in [0.3, 0.4) is 0 Å². The summed E-state index contributed by atoms with van der Waals surface area (Å²) in [5, 5.41) is 12.2. The molecule has 1 aromatic carbocycles. The molecule has 0 radical (unpaired) electrons. The van der Waals surface area contributed by atoms with Crippen LogP contribution in [0.1, 0.15) is 58.7 Å². The van der Waals surface area contributed by atoms with Crippen LogP contribution in [0.15, 0.2) is 30.5 Å². The zero-order valence-corrected chi connectivity index (χ0v) is 18.6. The van der Waals surface area contributed by atoms with Crippen LogP contribution in [-0.2, 0) is 24.2 Å². The van der Waals surface area contributed by atoms with Crippen LogP contribution in [0.25, 0.3) is 11.0 Å². The van der Waals surface area contributed by atoms with Crippen molar-refractivity contribution in [1.82, 2.24) is 20.1 Å². The number of rotatable bonds is 8. The van der Waals surface area contributed by atoms with Crippen LogP contribution >= 0.6 is 0 Å². The SMILES string of the molecule is CCc1nc2c(cnn2CC)c(NC2CCOCC2)c1CNC(=O)c1ccc(C=O)cc1. The molecule has 1 aliphatic rings. The van der Waals surface area contributed by atoms with Gasteiger partial charge in [-0.15, -0.1) is 0 Å². The Morgan fingerprint density at radius 2 is 1.97 bits per heavy atom. The molecular formula is C24H29N5O3. The lowest BCUT2D eigenvalue weighted by molar-refractivity contribution is 0.0904. The second-order valence-electron chi connectivity index (χ2n) is 7.92. The normalized spacial score (nSPS) is 14.4. The average Bonchev–Trinajstić information content (AvgIpc) is 3.26. The van der Waals surface area contributed by atoms with E-state index < -0.39 is 0 Å². The van der Waals surface area contributed by atoms with E-state index in [9.17, 15) is 9.59 Å². The summed E-state index contributed by atoms with van der Waals surface area (Å²) >= 11 is 0. The maximum atomic E-state index is 12.8. The molecule has 8 heteroatoms. The highest BCUT2D eigenvalue weighted by Crippen LogP contribution is 2.31. The number of carbonyl (C=O) groups is 2. The van der Waals surface area contributed by atoms with Crippen molar-refractivity contribution in [3.8, 4) is 0 Å². The van der Waals surface area contributed by atoms with Crippen LogP contribution in [0.5, 0.6) is 0 Å². The Kier molecular flexibility index (Phi) is 6.80. The van der Waals surface area contributed by atoms with Gasteiger partial charge in [0.25, 0.3) is 5.91 Å². The van der Waals surface area contributed by atoms with Gasteiger partial charge in [-0.25, -0.2) is 9.67 Å². The van der Waals surface area contributed by atoms with Crippen molar-refractivity contribution in [1.29, 1.82) is 0 Å². The van der Waals surface area contributed by atoms with E-state index in [-0.39, 0.29) is 5.91 Å². The molecule has 2 N–H and O–H groups in total. The van der Waals surface area contributed by atoms with Gasteiger partial charge in [0.2, 0.25) is 0 Å². The number of aldehydes is 1. The Balaban J connectivity index is 1.66. The third kappa shape index (κ3) is 4.50. The van der Waals surface area contributed by atoms with Crippen molar-refractivity contribution in [2.75, 3.05) is 18.5 Å². The van der Waals surface area contributed by atoms with E-state index >= 15 is 0 Å². The largest absolute Gasteiger partial charge is 0.381 e. The van der Waals surface area contributed by atoms with Crippen molar-refractivity contribution < 1.29 is 14.3 Å². The number of anilines is 1. The second-order valence-corrected chi connectivity index (χ2v) is 7.92. The highest BCUT2D eigenvalue weighted by Gasteiger charge is 2.22. The van der Waals surface area contributed by atoms with Gasteiger partial charge in [-0.05, 0) is 38.3 Å². The van der Waals surface area contributed by atoms with E-state index in [0.29, 0.717) is 23.7 Å². The summed E-state index contributed by atoms with van der Waals surface area (Å²) in [4.78, 5) is 28.5. The fraction of sp³-hybridized carbons (Fsp3) is 0.417. The number of fused-ring (bicyclic) bond motifs is 1. The number of hydrogen-bond donors (Lipinski definition) is 2. The Morgan fingerprint density at radius 3 is 2.62 bits per heavy atom. The van der Waals surface area contributed by atoms with Gasteiger partial charge in [-0.3, -0.25) is 9.59 Å². The van der Waals surface area contributed by atoms with Gasteiger partial charge in [-0.1, -0.05) is 19.1 Å². The first-order valence-corrected chi connectivity index (χ1v) is 11.2. The molecule has 8 nitrogen and oxygen atoms in total. The van der Waals surface area contributed by atoms with E-state index in [1.165, 1.54) is 0 Å².